The fourth-order valence-corrected chi connectivity index (χ4v) is 2.58. The van der Waals surface area contributed by atoms with Crippen molar-refractivity contribution in [3.05, 3.63) is 65.2 Å². The molecule has 3 nitrogen and oxygen atoms in total. The number of benzene rings is 2. The second kappa shape index (κ2) is 7.08. The van der Waals surface area contributed by atoms with Crippen molar-refractivity contribution >= 4 is 11.6 Å². The second-order valence-electron chi connectivity index (χ2n) is 7.55. The highest BCUT2D eigenvalue weighted by Crippen LogP contribution is 2.22. The summed E-state index contributed by atoms with van der Waals surface area (Å²) in [7, 11) is 5.83. The van der Waals surface area contributed by atoms with E-state index in [1.165, 1.54) is 5.56 Å². The average Bonchev–Trinajstić information content (AvgIpc) is 2.54. The van der Waals surface area contributed by atoms with E-state index in [2.05, 4.69) is 45.0 Å². The minimum Gasteiger partial charge on any atom is -0.378 e. The van der Waals surface area contributed by atoms with Crippen molar-refractivity contribution in [2.75, 3.05) is 26.0 Å². The van der Waals surface area contributed by atoms with Crippen LogP contribution in [0.5, 0.6) is 0 Å². The van der Waals surface area contributed by atoms with Gasteiger partial charge < -0.3 is 9.80 Å². The molecular weight excluding hydrogens is 296 g/mol. The molecule has 2 aromatic carbocycles. The first-order valence-electron chi connectivity index (χ1n) is 8.31. The smallest absolute Gasteiger partial charge is 0.253 e. The molecule has 0 aliphatic heterocycles. The largest absolute Gasteiger partial charge is 0.378 e. The summed E-state index contributed by atoms with van der Waals surface area (Å²) < 4.78 is 0. The van der Waals surface area contributed by atoms with Crippen molar-refractivity contribution in [1.82, 2.24) is 4.90 Å². The average molecular weight is 324 g/mol. The van der Waals surface area contributed by atoms with E-state index in [9.17, 15) is 4.79 Å². The Hall–Kier alpha value is -2.29. The van der Waals surface area contributed by atoms with Gasteiger partial charge in [-0.3, -0.25) is 4.79 Å². The molecule has 24 heavy (non-hydrogen) atoms. The highest BCUT2D eigenvalue weighted by molar-refractivity contribution is 5.94. The van der Waals surface area contributed by atoms with Gasteiger partial charge in [0.05, 0.1) is 0 Å². The van der Waals surface area contributed by atoms with Gasteiger partial charge in [0, 0.05) is 38.9 Å². The zero-order chi connectivity index (χ0) is 17.9. The SMILES string of the molecule is CN(Cc1ccc(C(C)(C)C)cc1)C(=O)c1ccc(N(C)C)cc1. The Morgan fingerprint density at radius 2 is 1.42 bits per heavy atom. The van der Waals surface area contributed by atoms with Crippen LogP contribution >= 0.6 is 0 Å². The summed E-state index contributed by atoms with van der Waals surface area (Å²) in [5, 5.41) is 0. The summed E-state index contributed by atoms with van der Waals surface area (Å²) in [6, 6.07) is 16.2. The Kier molecular flexibility index (Phi) is 5.33. The molecule has 0 bridgehead atoms. The number of hydrogen-bond donors (Lipinski definition) is 0. The van der Waals surface area contributed by atoms with E-state index in [0.717, 1.165) is 16.8 Å². The van der Waals surface area contributed by atoms with Gasteiger partial charge >= 0.3 is 0 Å². The maximum Gasteiger partial charge on any atom is 0.253 e. The lowest BCUT2D eigenvalue weighted by atomic mass is 9.87. The van der Waals surface area contributed by atoms with Gasteiger partial charge in [0.25, 0.3) is 5.91 Å². The second-order valence-corrected chi connectivity index (χ2v) is 7.55. The standard InChI is InChI=1S/C21H28N2O/c1-21(2,3)18-11-7-16(8-12-18)15-23(6)20(24)17-9-13-19(14-10-17)22(4)5/h7-14H,15H2,1-6H3. The molecule has 0 spiro atoms. The highest BCUT2D eigenvalue weighted by atomic mass is 16.2. The molecule has 1 amide bonds. The van der Waals surface area contributed by atoms with E-state index in [1.807, 2.05) is 50.3 Å². The maximum atomic E-state index is 12.6. The van der Waals surface area contributed by atoms with Crippen LogP contribution < -0.4 is 4.90 Å². The topological polar surface area (TPSA) is 23.6 Å². The monoisotopic (exact) mass is 324 g/mol. The molecular formula is C21H28N2O. The minimum atomic E-state index is 0.0419. The number of anilines is 1. The maximum absolute atomic E-state index is 12.6. The van der Waals surface area contributed by atoms with Crippen LogP contribution in [0.3, 0.4) is 0 Å². The number of nitrogens with zero attached hydrogens (tertiary/aromatic N) is 2. The van der Waals surface area contributed by atoms with E-state index < -0.39 is 0 Å². The van der Waals surface area contributed by atoms with E-state index in [-0.39, 0.29) is 11.3 Å². The molecule has 2 aromatic rings. The molecule has 0 heterocycles. The Labute approximate surface area is 145 Å². The summed E-state index contributed by atoms with van der Waals surface area (Å²) in [5.41, 5.74) is 4.40. The van der Waals surface area contributed by atoms with Crippen LogP contribution in [0.15, 0.2) is 48.5 Å². The first-order chi connectivity index (χ1) is 11.2. The first kappa shape index (κ1) is 18.1. The lowest BCUT2D eigenvalue weighted by Gasteiger charge is -2.21. The summed E-state index contributed by atoms with van der Waals surface area (Å²) in [5.74, 6) is 0.0419. The van der Waals surface area contributed by atoms with Gasteiger partial charge in [0.15, 0.2) is 0 Å². The van der Waals surface area contributed by atoms with Gasteiger partial charge in [-0.15, -0.1) is 0 Å². The van der Waals surface area contributed by atoms with Crippen LogP contribution in [-0.4, -0.2) is 32.0 Å². The minimum absolute atomic E-state index is 0.0419. The zero-order valence-electron chi connectivity index (χ0n) is 15.6. The molecule has 128 valence electrons. The van der Waals surface area contributed by atoms with Gasteiger partial charge in [0.1, 0.15) is 0 Å². The number of amides is 1. The lowest BCUT2D eigenvalue weighted by molar-refractivity contribution is 0.0785. The highest BCUT2D eigenvalue weighted by Gasteiger charge is 2.15. The van der Waals surface area contributed by atoms with Crippen molar-refractivity contribution in [2.45, 2.75) is 32.7 Å². The molecule has 0 N–H and O–H groups in total. The number of carbonyl (C=O) groups is 1. The van der Waals surface area contributed by atoms with E-state index in [4.69, 9.17) is 0 Å². The summed E-state index contributed by atoms with van der Waals surface area (Å²) >= 11 is 0. The van der Waals surface area contributed by atoms with Gasteiger partial charge in [0.2, 0.25) is 0 Å². The Morgan fingerprint density at radius 3 is 1.88 bits per heavy atom. The van der Waals surface area contributed by atoms with E-state index in [1.54, 1.807) is 4.90 Å². The van der Waals surface area contributed by atoms with Crippen molar-refractivity contribution in [3.8, 4) is 0 Å². The molecule has 0 aromatic heterocycles. The van der Waals surface area contributed by atoms with Crippen molar-refractivity contribution in [1.29, 1.82) is 0 Å². The third-order valence-electron chi connectivity index (χ3n) is 4.22. The number of carbonyl (C=O) groups excluding carboxylic acids is 1. The fourth-order valence-electron chi connectivity index (χ4n) is 2.58. The molecule has 0 radical (unpaired) electrons. The van der Waals surface area contributed by atoms with Gasteiger partial charge in [-0.2, -0.15) is 0 Å². The Bertz CT molecular complexity index is 679. The predicted octanol–water partition coefficient (Wildman–Crippen LogP) is 4.32. The zero-order valence-corrected chi connectivity index (χ0v) is 15.6. The molecule has 0 saturated heterocycles. The third kappa shape index (κ3) is 4.38. The van der Waals surface area contributed by atoms with E-state index in [0.29, 0.717) is 6.54 Å². The number of hydrogen-bond acceptors (Lipinski definition) is 2. The van der Waals surface area contributed by atoms with Gasteiger partial charge in [-0.1, -0.05) is 45.0 Å². The lowest BCUT2D eigenvalue weighted by Crippen LogP contribution is -2.26. The van der Waals surface area contributed by atoms with Crippen LogP contribution in [0.25, 0.3) is 0 Å². The van der Waals surface area contributed by atoms with Crippen LogP contribution in [0, 0.1) is 0 Å². The molecule has 0 aliphatic rings. The Morgan fingerprint density at radius 1 is 0.875 bits per heavy atom. The molecule has 3 heteroatoms. The van der Waals surface area contributed by atoms with Crippen molar-refractivity contribution < 1.29 is 4.79 Å². The van der Waals surface area contributed by atoms with Crippen LogP contribution in [-0.2, 0) is 12.0 Å². The molecule has 2 rings (SSSR count). The van der Waals surface area contributed by atoms with Crippen LogP contribution in [0.2, 0.25) is 0 Å². The normalized spacial score (nSPS) is 11.2. The van der Waals surface area contributed by atoms with Crippen LogP contribution in [0.1, 0.15) is 42.3 Å². The molecule has 0 unspecified atom stereocenters. The molecule has 0 aliphatic carbocycles. The number of rotatable bonds is 4. The summed E-state index contributed by atoms with van der Waals surface area (Å²) in [6.45, 7) is 7.22. The summed E-state index contributed by atoms with van der Waals surface area (Å²) in [4.78, 5) is 16.4. The Balaban J connectivity index is 2.06. The van der Waals surface area contributed by atoms with E-state index >= 15 is 0 Å². The molecule has 0 fully saturated rings. The van der Waals surface area contributed by atoms with Crippen LogP contribution in [0.4, 0.5) is 5.69 Å². The van der Waals surface area contributed by atoms with Gasteiger partial charge in [-0.05, 0) is 40.8 Å². The van der Waals surface area contributed by atoms with Crippen molar-refractivity contribution in [3.63, 3.8) is 0 Å². The fraction of sp³-hybridized carbons (Fsp3) is 0.381. The molecule has 0 atom stereocenters. The quantitative estimate of drug-likeness (QED) is 0.836. The van der Waals surface area contributed by atoms with Gasteiger partial charge in [-0.25, -0.2) is 0 Å². The van der Waals surface area contributed by atoms with Crippen molar-refractivity contribution in [2.24, 2.45) is 0 Å². The first-order valence-corrected chi connectivity index (χ1v) is 8.31. The molecule has 0 saturated carbocycles. The third-order valence-corrected chi connectivity index (χ3v) is 4.22. The predicted molar refractivity (Wildman–Crippen MR) is 102 cm³/mol. The summed E-state index contributed by atoms with van der Waals surface area (Å²) in [6.07, 6.45) is 0.